The number of carbonyl (C=O) groups excluding carboxylic acids is 1. The smallest absolute Gasteiger partial charge is 0.265 e. The summed E-state index contributed by atoms with van der Waals surface area (Å²) in [7, 11) is -3.78. The van der Waals surface area contributed by atoms with Crippen molar-refractivity contribution in [2.45, 2.75) is 38.3 Å². The summed E-state index contributed by atoms with van der Waals surface area (Å²) in [6, 6.07) is 7.18. The zero-order chi connectivity index (χ0) is 20.6. The van der Waals surface area contributed by atoms with Crippen LogP contribution in [0, 0.1) is 6.92 Å². The van der Waals surface area contributed by atoms with E-state index in [9.17, 15) is 13.2 Å². The molecule has 29 heavy (non-hydrogen) atoms. The van der Waals surface area contributed by atoms with Gasteiger partial charge in [-0.2, -0.15) is 5.10 Å². The van der Waals surface area contributed by atoms with Gasteiger partial charge in [-0.25, -0.2) is 8.42 Å². The lowest BCUT2D eigenvalue weighted by atomic mass is 10.0. The second-order valence-corrected chi connectivity index (χ2v) is 9.64. The molecule has 4 rings (SSSR count). The Morgan fingerprint density at radius 2 is 2.14 bits per heavy atom. The maximum Gasteiger partial charge on any atom is 0.265 e. The van der Waals surface area contributed by atoms with Gasteiger partial charge < -0.3 is 4.90 Å². The van der Waals surface area contributed by atoms with E-state index in [0.717, 1.165) is 6.42 Å². The average Bonchev–Trinajstić information content (AvgIpc) is 3.38. The molecule has 3 heterocycles. The lowest BCUT2D eigenvalue weighted by Gasteiger charge is -2.28. The molecule has 0 radical (unpaired) electrons. The van der Waals surface area contributed by atoms with E-state index in [0.29, 0.717) is 36.4 Å². The Bertz CT molecular complexity index is 1160. The molecule has 1 amide bonds. The van der Waals surface area contributed by atoms with Crippen LogP contribution in [-0.2, 0) is 29.5 Å². The van der Waals surface area contributed by atoms with Crippen LogP contribution >= 0.6 is 11.3 Å². The molecule has 2 aromatic heterocycles. The third-order valence-corrected chi connectivity index (χ3v) is 7.49. The van der Waals surface area contributed by atoms with Crippen LogP contribution in [0.1, 0.15) is 33.3 Å². The van der Waals surface area contributed by atoms with Crippen molar-refractivity contribution in [3.63, 3.8) is 0 Å². The van der Waals surface area contributed by atoms with Crippen molar-refractivity contribution in [3.05, 3.63) is 63.6 Å². The van der Waals surface area contributed by atoms with Gasteiger partial charge in [0.05, 0.1) is 11.9 Å². The molecule has 0 aliphatic carbocycles. The zero-order valence-corrected chi connectivity index (χ0v) is 17.9. The highest BCUT2D eigenvalue weighted by molar-refractivity contribution is 7.92. The largest absolute Gasteiger partial charge is 0.334 e. The molecule has 0 fully saturated rings. The van der Waals surface area contributed by atoms with E-state index in [2.05, 4.69) is 21.3 Å². The number of sulfonamides is 1. The number of benzene rings is 1. The molecule has 0 saturated carbocycles. The standard InChI is InChI=1S/C20H22N4O3S2/c1-3-24-13-16(11-21-24)29(26,27)22-18-6-4-5-17(14(18)2)20(25)23-9-7-19-15(12-23)8-10-28-19/h4-6,8,10-11,13,22H,3,7,9,12H2,1-2H3. The fraction of sp³-hybridized carbons (Fsp3) is 0.300. The number of aromatic nitrogens is 2. The van der Waals surface area contributed by atoms with Gasteiger partial charge >= 0.3 is 0 Å². The first-order chi connectivity index (χ1) is 13.9. The lowest BCUT2D eigenvalue weighted by Crippen LogP contribution is -2.35. The molecule has 0 spiro atoms. The SMILES string of the molecule is CCn1cc(S(=O)(=O)Nc2cccc(C(=O)N3CCc4sccc4C3)c2C)cn1. The minimum Gasteiger partial charge on any atom is -0.334 e. The molecule has 1 aliphatic rings. The second kappa shape index (κ2) is 7.64. The van der Waals surface area contributed by atoms with Gasteiger partial charge in [0, 0.05) is 36.3 Å². The molecule has 1 aliphatic heterocycles. The third-order valence-electron chi connectivity index (χ3n) is 5.15. The summed E-state index contributed by atoms with van der Waals surface area (Å²) >= 11 is 1.73. The van der Waals surface area contributed by atoms with Crippen molar-refractivity contribution >= 4 is 33.0 Å². The fourth-order valence-corrected chi connectivity index (χ4v) is 5.39. The third kappa shape index (κ3) is 3.79. The van der Waals surface area contributed by atoms with Crippen molar-refractivity contribution in [1.82, 2.24) is 14.7 Å². The number of aryl methyl sites for hydroxylation is 1. The van der Waals surface area contributed by atoms with Gasteiger partial charge in [-0.1, -0.05) is 6.07 Å². The summed E-state index contributed by atoms with van der Waals surface area (Å²) < 4.78 is 29.6. The van der Waals surface area contributed by atoms with E-state index in [1.165, 1.54) is 22.8 Å². The summed E-state index contributed by atoms with van der Waals surface area (Å²) in [4.78, 5) is 16.4. The van der Waals surface area contributed by atoms with E-state index in [4.69, 9.17) is 0 Å². The Morgan fingerprint density at radius 3 is 2.90 bits per heavy atom. The molecular weight excluding hydrogens is 408 g/mol. The number of hydrogen-bond donors (Lipinski definition) is 1. The Kier molecular flexibility index (Phi) is 5.18. The Balaban J connectivity index is 1.58. The van der Waals surface area contributed by atoms with Crippen LogP contribution in [0.25, 0.3) is 0 Å². The number of rotatable bonds is 5. The van der Waals surface area contributed by atoms with Gasteiger partial charge in [-0.15, -0.1) is 11.3 Å². The van der Waals surface area contributed by atoms with Gasteiger partial charge in [-0.05, 0) is 55.0 Å². The molecule has 0 bridgehead atoms. The van der Waals surface area contributed by atoms with Gasteiger partial charge in [0.25, 0.3) is 15.9 Å². The van der Waals surface area contributed by atoms with Crippen LogP contribution < -0.4 is 4.72 Å². The van der Waals surface area contributed by atoms with Crippen LogP contribution in [0.15, 0.2) is 46.9 Å². The summed E-state index contributed by atoms with van der Waals surface area (Å²) in [6.07, 6.45) is 3.66. The number of thiophene rings is 1. The molecule has 0 unspecified atom stereocenters. The Hall–Kier alpha value is -2.65. The van der Waals surface area contributed by atoms with Crippen molar-refractivity contribution in [3.8, 4) is 0 Å². The van der Waals surface area contributed by atoms with E-state index >= 15 is 0 Å². The van der Waals surface area contributed by atoms with E-state index in [-0.39, 0.29) is 10.8 Å². The molecule has 1 aromatic carbocycles. The number of anilines is 1. The van der Waals surface area contributed by atoms with Crippen LogP contribution in [0.4, 0.5) is 5.69 Å². The van der Waals surface area contributed by atoms with E-state index < -0.39 is 10.0 Å². The van der Waals surface area contributed by atoms with Crippen molar-refractivity contribution < 1.29 is 13.2 Å². The van der Waals surface area contributed by atoms with Gasteiger partial charge in [0.2, 0.25) is 0 Å². The minimum atomic E-state index is -3.78. The van der Waals surface area contributed by atoms with Gasteiger partial charge in [-0.3, -0.25) is 14.2 Å². The van der Waals surface area contributed by atoms with Gasteiger partial charge in [0.1, 0.15) is 4.90 Å². The topological polar surface area (TPSA) is 84.3 Å². The second-order valence-electron chi connectivity index (χ2n) is 6.96. The molecule has 3 aromatic rings. The number of nitrogens with one attached hydrogen (secondary N) is 1. The lowest BCUT2D eigenvalue weighted by molar-refractivity contribution is 0.0735. The maximum atomic E-state index is 13.1. The number of amides is 1. The quantitative estimate of drug-likeness (QED) is 0.673. The van der Waals surface area contributed by atoms with Crippen molar-refractivity contribution in [2.75, 3.05) is 11.3 Å². The molecule has 0 atom stereocenters. The van der Waals surface area contributed by atoms with E-state index in [1.54, 1.807) is 41.1 Å². The average molecular weight is 431 g/mol. The molecule has 0 saturated heterocycles. The van der Waals surface area contributed by atoms with Crippen LogP contribution in [0.3, 0.4) is 0 Å². The predicted octanol–water partition coefficient (Wildman–Crippen LogP) is 3.27. The molecule has 9 heteroatoms. The highest BCUT2D eigenvalue weighted by atomic mass is 32.2. The Labute approximate surface area is 174 Å². The maximum absolute atomic E-state index is 13.1. The fourth-order valence-electron chi connectivity index (χ4n) is 3.43. The monoisotopic (exact) mass is 430 g/mol. The van der Waals surface area contributed by atoms with Crippen LogP contribution in [0.2, 0.25) is 0 Å². The van der Waals surface area contributed by atoms with Crippen molar-refractivity contribution in [1.29, 1.82) is 0 Å². The van der Waals surface area contributed by atoms with E-state index in [1.807, 2.05) is 11.8 Å². The number of hydrogen-bond acceptors (Lipinski definition) is 5. The van der Waals surface area contributed by atoms with Gasteiger partial charge in [0.15, 0.2) is 0 Å². The normalized spacial score (nSPS) is 13.9. The highest BCUT2D eigenvalue weighted by Gasteiger charge is 2.25. The summed E-state index contributed by atoms with van der Waals surface area (Å²) in [6.45, 7) is 5.48. The molecule has 1 N–H and O–H groups in total. The van der Waals surface area contributed by atoms with Crippen molar-refractivity contribution in [2.24, 2.45) is 0 Å². The summed E-state index contributed by atoms with van der Waals surface area (Å²) in [5.74, 6) is -0.0841. The number of nitrogens with zero attached hydrogens (tertiary/aromatic N) is 3. The minimum absolute atomic E-state index is 0.0841. The van der Waals surface area contributed by atoms with Crippen LogP contribution in [0.5, 0.6) is 0 Å². The first kappa shape index (κ1) is 19.7. The zero-order valence-electron chi connectivity index (χ0n) is 16.3. The summed E-state index contributed by atoms with van der Waals surface area (Å²) in [5.41, 5.74) is 2.71. The molecule has 152 valence electrons. The Morgan fingerprint density at radius 1 is 1.31 bits per heavy atom. The first-order valence-electron chi connectivity index (χ1n) is 9.38. The number of carbonyl (C=O) groups is 1. The van der Waals surface area contributed by atoms with Crippen LogP contribution in [-0.4, -0.2) is 35.6 Å². The predicted molar refractivity (Wildman–Crippen MR) is 113 cm³/mol. The number of fused-ring (bicyclic) bond motifs is 1. The molecule has 7 nitrogen and oxygen atoms in total. The first-order valence-corrected chi connectivity index (χ1v) is 11.7. The highest BCUT2D eigenvalue weighted by Crippen LogP contribution is 2.28. The summed E-state index contributed by atoms with van der Waals surface area (Å²) in [5, 5.41) is 6.08. The molecular formula is C20H22N4O3S2.